The number of aromatic nitrogens is 8. The average molecular weight is 1150 g/mol. The fourth-order valence-corrected chi connectivity index (χ4v) is 11.7. The van der Waals surface area contributed by atoms with E-state index in [2.05, 4.69) is 44.1 Å². The number of unbranched alkanes of at least 4 members (excludes halogenated alkanes) is 1. The number of aryl methyl sites for hydroxylation is 2. The maximum absolute atomic E-state index is 13.9. The van der Waals surface area contributed by atoms with Crippen LogP contribution in [0.4, 0.5) is 33.1 Å². The Morgan fingerprint density at radius 1 is 0.655 bits per heavy atom. The van der Waals surface area contributed by atoms with Crippen molar-refractivity contribution >= 4 is 74.9 Å². The number of carbonyl (C=O) groups is 3. The van der Waals surface area contributed by atoms with E-state index >= 15 is 0 Å². The number of carbonyl (C=O) groups excluding carboxylic acids is 3. The van der Waals surface area contributed by atoms with Gasteiger partial charge in [0.05, 0.1) is 17.7 Å². The van der Waals surface area contributed by atoms with Crippen LogP contribution in [-0.4, -0.2) is 111 Å². The van der Waals surface area contributed by atoms with E-state index in [0.717, 1.165) is 111 Å². The van der Waals surface area contributed by atoms with E-state index in [1.54, 1.807) is 33.7 Å². The highest BCUT2D eigenvalue weighted by atomic mass is 16.6. The minimum atomic E-state index is -0.518. The van der Waals surface area contributed by atoms with Crippen LogP contribution in [0.5, 0.6) is 0 Å². The second kappa shape index (κ2) is 25.9. The Labute approximate surface area is 491 Å². The molecule has 3 fully saturated rings. The molecule has 0 spiro atoms. The summed E-state index contributed by atoms with van der Waals surface area (Å²) in [5.74, 6) is 2.40. The van der Waals surface area contributed by atoms with Crippen molar-refractivity contribution < 1.29 is 28.6 Å². The first kappa shape index (κ1) is 60.6. The fraction of sp³-hybridized carbons (Fsp3) is 0.516. The first-order chi connectivity index (χ1) is 40.1. The van der Waals surface area contributed by atoms with Crippen LogP contribution in [0.3, 0.4) is 0 Å². The predicted octanol–water partition coefficient (Wildman–Crippen LogP) is 12.8. The maximum atomic E-state index is 13.9. The summed E-state index contributed by atoms with van der Waals surface area (Å²) in [6.07, 6.45) is 20.8. The Balaban J connectivity index is 0.000000202. The van der Waals surface area contributed by atoms with Crippen molar-refractivity contribution in [1.82, 2.24) is 48.8 Å². The van der Waals surface area contributed by atoms with Gasteiger partial charge in [0.15, 0.2) is 5.78 Å². The number of ether oxygens (including phenoxy) is 3. The molecule has 446 valence electrons. The van der Waals surface area contributed by atoms with Gasteiger partial charge in [-0.25, -0.2) is 29.5 Å². The zero-order valence-electron chi connectivity index (χ0n) is 50.6. The summed E-state index contributed by atoms with van der Waals surface area (Å²) in [6, 6.07) is 7.93. The molecule has 2 saturated carbocycles. The van der Waals surface area contributed by atoms with E-state index in [9.17, 15) is 24.0 Å². The third-order valence-electron chi connectivity index (χ3n) is 16.1. The lowest BCUT2D eigenvalue weighted by Crippen LogP contribution is -2.41. The van der Waals surface area contributed by atoms with Crippen LogP contribution in [0.2, 0.25) is 0 Å². The van der Waals surface area contributed by atoms with Crippen molar-refractivity contribution in [2.45, 2.75) is 182 Å². The summed E-state index contributed by atoms with van der Waals surface area (Å²) >= 11 is 0. The molecular weight excluding hydrogens is 1060 g/mol. The van der Waals surface area contributed by atoms with Crippen molar-refractivity contribution in [3.63, 3.8) is 0 Å². The SMILES string of the molecule is C=C(OCCCC)c1c(C)c2cnc(Nc3ccc(C4=CCN(C(=O)OC(C)(C)C)CC4)cn3)nc2n(C2CCCC2)c1=O.CC(=O)c1c(C)c2cnc(Nc3ccc(C4CCN(C(=O)OC(C)(C)C)CC4)cn3)nc2n(C2CCCC2)c1=O. The van der Waals surface area contributed by atoms with Crippen LogP contribution in [0.15, 0.2) is 71.3 Å². The molecule has 6 aromatic rings. The molecule has 2 amide bonds. The number of fused-ring (bicyclic) bond motifs is 2. The highest BCUT2D eigenvalue weighted by Crippen LogP contribution is 2.36. The van der Waals surface area contributed by atoms with Crippen LogP contribution in [-0.2, 0) is 14.2 Å². The van der Waals surface area contributed by atoms with Crippen LogP contribution in [0.1, 0.15) is 195 Å². The molecule has 2 aliphatic heterocycles. The van der Waals surface area contributed by atoms with Crippen LogP contribution in [0.25, 0.3) is 33.4 Å². The largest absolute Gasteiger partial charge is 0.493 e. The first-order valence-corrected chi connectivity index (χ1v) is 29.8. The molecule has 0 bridgehead atoms. The summed E-state index contributed by atoms with van der Waals surface area (Å²) in [6.45, 7) is 25.5. The van der Waals surface area contributed by atoms with Crippen molar-refractivity contribution in [1.29, 1.82) is 0 Å². The van der Waals surface area contributed by atoms with E-state index in [-0.39, 0.29) is 46.7 Å². The molecule has 0 aromatic carbocycles. The Morgan fingerprint density at radius 2 is 1.17 bits per heavy atom. The van der Waals surface area contributed by atoms with E-state index < -0.39 is 11.2 Å². The molecule has 2 N–H and O–H groups in total. The summed E-state index contributed by atoms with van der Waals surface area (Å²) in [4.78, 5) is 95.8. The smallest absolute Gasteiger partial charge is 0.410 e. The molecule has 20 heteroatoms. The van der Waals surface area contributed by atoms with Crippen molar-refractivity contribution in [3.8, 4) is 0 Å². The van der Waals surface area contributed by atoms with Gasteiger partial charge < -0.3 is 34.6 Å². The van der Waals surface area contributed by atoms with Crippen molar-refractivity contribution in [3.05, 3.63) is 116 Å². The zero-order valence-corrected chi connectivity index (χ0v) is 50.6. The second-order valence-electron chi connectivity index (χ2n) is 24.6. The molecule has 0 radical (unpaired) electrons. The van der Waals surface area contributed by atoms with E-state index in [1.165, 1.54) is 6.92 Å². The molecule has 0 atom stereocenters. The van der Waals surface area contributed by atoms with Gasteiger partial charge in [-0.2, -0.15) is 9.97 Å². The first-order valence-electron chi connectivity index (χ1n) is 29.8. The molecule has 1 saturated heterocycles. The van der Waals surface area contributed by atoms with Crippen LogP contribution in [0, 0.1) is 13.8 Å². The van der Waals surface area contributed by atoms with Gasteiger partial charge in [0.2, 0.25) is 11.9 Å². The van der Waals surface area contributed by atoms with Gasteiger partial charge in [0.1, 0.15) is 39.9 Å². The number of hydrogen-bond donors (Lipinski definition) is 2. The lowest BCUT2D eigenvalue weighted by atomic mass is 9.90. The number of rotatable bonds is 14. The molecule has 2 aliphatic carbocycles. The number of pyridine rings is 4. The Morgan fingerprint density at radius 3 is 1.63 bits per heavy atom. The average Bonchev–Trinajstić information content (AvgIpc) is 2.39. The second-order valence-corrected chi connectivity index (χ2v) is 24.6. The lowest BCUT2D eigenvalue weighted by Gasteiger charge is -2.33. The van der Waals surface area contributed by atoms with Crippen LogP contribution >= 0.6 is 0 Å². The number of amides is 2. The van der Waals surface area contributed by atoms with E-state index in [0.29, 0.717) is 95.8 Å². The molecular formula is C64H82N12O8. The van der Waals surface area contributed by atoms with Gasteiger partial charge in [-0.1, -0.05) is 57.7 Å². The molecule has 10 rings (SSSR count). The minimum absolute atomic E-state index is 0.0237. The zero-order chi connectivity index (χ0) is 60.0. The third kappa shape index (κ3) is 14.1. The summed E-state index contributed by atoms with van der Waals surface area (Å²) in [7, 11) is 0. The Kier molecular flexibility index (Phi) is 18.6. The van der Waals surface area contributed by atoms with Gasteiger partial charge in [0.25, 0.3) is 11.1 Å². The van der Waals surface area contributed by atoms with Gasteiger partial charge in [0, 0.05) is 73.8 Å². The number of hydrogen-bond acceptors (Lipinski definition) is 16. The number of piperidine rings is 1. The predicted molar refractivity (Wildman–Crippen MR) is 327 cm³/mol. The van der Waals surface area contributed by atoms with Gasteiger partial charge in [-0.3, -0.25) is 23.5 Å². The number of Topliss-reactive ketones (excluding diaryl/α,β-unsaturated/α-hetero) is 1. The van der Waals surface area contributed by atoms with Crippen molar-refractivity contribution in [2.24, 2.45) is 0 Å². The number of nitrogens with zero attached hydrogens (tertiary/aromatic N) is 10. The lowest BCUT2D eigenvalue weighted by molar-refractivity contribution is 0.0203. The maximum Gasteiger partial charge on any atom is 0.410 e. The number of anilines is 4. The third-order valence-corrected chi connectivity index (χ3v) is 16.1. The molecule has 0 unspecified atom stereocenters. The standard InChI is InChI=1S/C34H44N6O4.C30H38N6O4/c1-7-8-19-43-23(3)29-22(2)27-21-36-32(38-30(27)40(31(29)41)26-11-9-10-12-26)37-28-14-13-25(20-35-28)24-15-17-39(18-16-24)33(42)44-34(4,5)6;1-18-23-17-32-28(34-26(23)36(22-8-6-7-9-22)27(38)25(18)19(2)37)33-24-11-10-21(16-31-24)20-12-14-35(15-13-20)29(39)40-30(3,4)5/h13-15,20-21,26H,3,7-12,16-19H2,1-2,4-6H3,(H,35,36,37,38);10-11,16-17,20,22H,6-9,12-15H2,1-5H3,(H,31,32,33,34). The highest BCUT2D eigenvalue weighted by molar-refractivity contribution is 5.99. The highest BCUT2D eigenvalue weighted by Gasteiger charge is 2.31. The quantitative estimate of drug-likeness (QED) is 0.0586. The van der Waals surface area contributed by atoms with Crippen molar-refractivity contribution in [2.75, 3.05) is 43.4 Å². The number of likely N-dealkylation sites (tertiary alicyclic amines) is 1. The van der Waals surface area contributed by atoms with E-state index in [4.69, 9.17) is 24.2 Å². The van der Waals surface area contributed by atoms with Gasteiger partial charge >= 0.3 is 12.2 Å². The summed E-state index contributed by atoms with van der Waals surface area (Å²) in [5.41, 5.74) is 5.14. The molecule has 6 aromatic heterocycles. The normalized spacial score (nSPS) is 16.3. The van der Waals surface area contributed by atoms with Gasteiger partial charge in [-0.05, 0) is 166 Å². The van der Waals surface area contributed by atoms with Crippen LogP contribution < -0.4 is 21.8 Å². The molecule has 20 nitrogen and oxygen atoms in total. The summed E-state index contributed by atoms with van der Waals surface area (Å²) < 4.78 is 20.4. The Hall–Kier alpha value is -8.03. The molecule has 84 heavy (non-hydrogen) atoms. The summed E-state index contributed by atoms with van der Waals surface area (Å²) in [5, 5.41) is 7.92. The van der Waals surface area contributed by atoms with E-state index in [1.807, 2.05) is 95.8 Å². The molecule has 8 heterocycles. The number of nitrogens with one attached hydrogen (secondary N) is 2. The molecule has 4 aliphatic rings. The monoisotopic (exact) mass is 1150 g/mol. The Bertz CT molecular complexity index is 3560. The van der Waals surface area contributed by atoms with Gasteiger partial charge in [-0.15, -0.1) is 0 Å². The topological polar surface area (TPSA) is 231 Å². The minimum Gasteiger partial charge on any atom is -0.493 e. The number of ketones is 1. The fourth-order valence-electron chi connectivity index (χ4n) is 11.7.